The van der Waals surface area contributed by atoms with Crippen molar-refractivity contribution in [3.8, 4) is 0 Å². The number of amides is 1. The number of nitrogens with one attached hydrogen (secondary N) is 1. The second-order valence-electron chi connectivity index (χ2n) is 9.06. The lowest BCUT2D eigenvalue weighted by Crippen LogP contribution is -2.42. The van der Waals surface area contributed by atoms with E-state index < -0.39 is 21.7 Å². The number of hydrogen-bond donors (Lipinski definition) is 1. The monoisotopic (exact) mass is 494 g/mol. The molecule has 0 unspecified atom stereocenters. The maximum Gasteiger partial charge on any atom is 0.264 e. The Morgan fingerprint density at radius 2 is 1.63 bits per heavy atom. The molecule has 1 amide bonds. The van der Waals surface area contributed by atoms with Gasteiger partial charge in [0.25, 0.3) is 10.0 Å². The highest BCUT2D eigenvalue weighted by atomic mass is 32.2. The summed E-state index contributed by atoms with van der Waals surface area (Å²) in [4.78, 5) is 13.1. The number of anilines is 1. The molecule has 1 N–H and O–H groups in total. The summed E-state index contributed by atoms with van der Waals surface area (Å²) in [6.45, 7) is 3.52. The molecule has 35 heavy (non-hydrogen) atoms. The van der Waals surface area contributed by atoms with Crippen LogP contribution in [-0.4, -0.2) is 20.9 Å². The van der Waals surface area contributed by atoms with Gasteiger partial charge in [0.05, 0.1) is 16.6 Å². The van der Waals surface area contributed by atoms with Crippen LogP contribution in [0.4, 0.5) is 10.1 Å². The first-order valence-electron chi connectivity index (χ1n) is 12.0. The molecular weight excluding hydrogens is 463 g/mol. The molecule has 3 aromatic rings. The SMILES string of the molecule is CC[C@@H](NC(=O)CN(c1ccc(C)cc1)S(=O)(=O)c1ccc(F)cc1)c1ccc2c(c1)CCCC2. The van der Waals surface area contributed by atoms with Crippen molar-refractivity contribution in [2.75, 3.05) is 10.8 Å². The molecule has 1 aliphatic rings. The van der Waals surface area contributed by atoms with Gasteiger partial charge in [-0.3, -0.25) is 9.10 Å². The van der Waals surface area contributed by atoms with Crippen molar-refractivity contribution in [1.82, 2.24) is 5.32 Å². The normalized spacial score (nSPS) is 14.1. The Kier molecular flexibility index (Phi) is 7.55. The number of fused-ring (bicyclic) bond motifs is 1. The molecule has 0 radical (unpaired) electrons. The van der Waals surface area contributed by atoms with Gasteiger partial charge < -0.3 is 5.32 Å². The summed E-state index contributed by atoms with van der Waals surface area (Å²) < 4.78 is 41.5. The van der Waals surface area contributed by atoms with Crippen LogP contribution in [0, 0.1) is 12.7 Å². The van der Waals surface area contributed by atoms with Gasteiger partial charge in [-0.25, -0.2) is 12.8 Å². The topological polar surface area (TPSA) is 66.5 Å². The quantitative estimate of drug-likeness (QED) is 0.451. The van der Waals surface area contributed by atoms with E-state index in [-0.39, 0.29) is 17.5 Å². The average molecular weight is 495 g/mol. The summed E-state index contributed by atoms with van der Waals surface area (Å²) in [5.41, 5.74) is 5.08. The number of carbonyl (C=O) groups is 1. The van der Waals surface area contributed by atoms with Crippen LogP contribution >= 0.6 is 0 Å². The Labute approximate surface area is 207 Å². The second kappa shape index (κ2) is 10.6. The van der Waals surface area contributed by atoms with Crippen molar-refractivity contribution >= 4 is 21.6 Å². The Hall–Kier alpha value is -3.19. The van der Waals surface area contributed by atoms with Gasteiger partial charge in [-0.05, 0) is 92.1 Å². The molecule has 5 nitrogen and oxygen atoms in total. The van der Waals surface area contributed by atoms with Crippen molar-refractivity contribution < 1.29 is 17.6 Å². The van der Waals surface area contributed by atoms with Gasteiger partial charge in [-0.2, -0.15) is 0 Å². The van der Waals surface area contributed by atoms with E-state index in [1.165, 1.54) is 36.1 Å². The van der Waals surface area contributed by atoms with E-state index in [0.29, 0.717) is 12.1 Å². The average Bonchev–Trinajstić information content (AvgIpc) is 2.86. The van der Waals surface area contributed by atoms with E-state index in [9.17, 15) is 17.6 Å². The first-order chi connectivity index (χ1) is 16.8. The smallest absolute Gasteiger partial charge is 0.264 e. The summed E-state index contributed by atoms with van der Waals surface area (Å²) in [5, 5.41) is 3.03. The van der Waals surface area contributed by atoms with Gasteiger partial charge in [-0.1, -0.05) is 42.8 Å². The minimum absolute atomic E-state index is 0.0750. The molecular formula is C28H31FN2O3S. The van der Waals surface area contributed by atoms with Crippen LogP contribution < -0.4 is 9.62 Å². The molecule has 0 spiro atoms. The fraction of sp³-hybridized carbons (Fsp3) is 0.321. The number of halogens is 1. The minimum atomic E-state index is -4.09. The second-order valence-corrected chi connectivity index (χ2v) is 10.9. The van der Waals surface area contributed by atoms with Gasteiger partial charge in [-0.15, -0.1) is 0 Å². The van der Waals surface area contributed by atoms with E-state index in [4.69, 9.17) is 0 Å². The van der Waals surface area contributed by atoms with Gasteiger partial charge in [0.1, 0.15) is 12.4 Å². The standard InChI is InChI=1S/C28H31FN2O3S/c1-3-27(23-11-10-21-6-4-5-7-22(21)18-23)30-28(32)19-31(25-14-8-20(2)9-15-25)35(33,34)26-16-12-24(29)13-17-26/h8-18,27H,3-7,19H2,1-2H3,(H,30,32)/t27-/m1/s1. The maximum atomic E-state index is 13.5. The van der Waals surface area contributed by atoms with Gasteiger partial charge >= 0.3 is 0 Å². The lowest BCUT2D eigenvalue weighted by Gasteiger charge is -2.26. The zero-order valence-corrected chi connectivity index (χ0v) is 20.9. The Bertz CT molecular complexity index is 1290. The highest BCUT2D eigenvalue weighted by Gasteiger charge is 2.28. The van der Waals surface area contributed by atoms with Gasteiger partial charge in [0, 0.05) is 0 Å². The molecule has 3 aromatic carbocycles. The van der Waals surface area contributed by atoms with Crippen LogP contribution in [0.3, 0.4) is 0 Å². The Balaban J connectivity index is 1.59. The van der Waals surface area contributed by atoms with Crippen LogP contribution in [0.1, 0.15) is 54.5 Å². The summed E-state index contributed by atoms with van der Waals surface area (Å²) >= 11 is 0. The van der Waals surface area contributed by atoms with Crippen molar-refractivity contribution in [3.05, 3.63) is 94.8 Å². The number of nitrogens with zero attached hydrogens (tertiary/aromatic N) is 1. The number of aryl methyl sites for hydroxylation is 3. The van der Waals surface area contributed by atoms with E-state index in [2.05, 4.69) is 23.5 Å². The molecule has 0 fully saturated rings. The molecule has 1 atom stereocenters. The number of carbonyl (C=O) groups excluding carboxylic acids is 1. The van der Waals surface area contributed by atoms with Crippen molar-refractivity contribution in [2.24, 2.45) is 0 Å². The molecule has 4 rings (SSSR count). The zero-order chi connectivity index (χ0) is 25.0. The van der Waals surface area contributed by atoms with E-state index in [1.807, 2.05) is 13.8 Å². The number of hydrogen-bond acceptors (Lipinski definition) is 3. The Morgan fingerprint density at radius 3 is 2.29 bits per heavy atom. The van der Waals surface area contributed by atoms with Crippen LogP contribution in [0.2, 0.25) is 0 Å². The van der Waals surface area contributed by atoms with Crippen LogP contribution in [0.25, 0.3) is 0 Å². The van der Waals surface area contributed by atoms with E-state index in [1.54, 1.807) is 24.3 Å². The largest absolute Gasteiger partial charge is 0.348 e. The van der Waals surface area contributed by atoms with Gasteiger partial charge in [0.15, 0.2) is 0 Å². The minimum Gasteiger partial charge on any atom is -0.348 e. The lowest BCUT2D eigenvalue weighted by atomic mass is 9.89. The third-order valence-electron chi connectivity index (χ3n) is 6.53. The van der Waals surface area contributed by atoms with E-state index in [0.717, 1.165) is 40.4 Å². The summed E-state index contributed by atoms with van der Waals surface area (Å²) in [5.74, 6) is -0.930. The number of benzene rings is 3. The zero-order valence-electron chi connectivity index (χ0n) is 20.1. The molecule has 0 bridgehead atoms. The lowest BCUT2D eigenvalue weighted by molar-refractivity contribution is -0.120. The molecule has 0 heterocycles. The van der Waals surface area contributed by atoms with Crippen molar-refractivity contribution in [2.45, 2.75) is 56.9 Å². The first-order valence-corrected chi connectivity index (χ1v) is 13.5. The molecule has 0 saturated heterocycles. The van der Waals surface area contributed by atoms with Gasteiger partial charge in [0.2, 0.25) is 5.91 Å². The third-order valence-corrected chi connectivity index (χ3v) is 8.32. The highest BCUT2D eigenvalue weighted by Crippen LogP contribution is 2.27. The summed E-state index contributed by atoms with van der Waals surface area (Å²) in [6, 6.07) is 17.7. The molecule has 0 aliphatic heterocycles. The fourth-order valence-electron chi connectivity index (χ4n) is 4.52. The molecule has 7 heteroatoms. The maximum absolute atomic E-state index is 13.5. The Morgan fingerprint density at radius 1 is 0.971 bits per heavy atom. The predicted octanol–water partition coefficient (Wildman–Crippen LogP) is 5.48. The van der Waals surface area contributed by atoms with Crippen LogP contribution in [-0.2, 0) is 27.7 Å². The van der Waals surface area contributed by atoms with E-state index >= 15 is 0 Å². The third kappa shape index (κ3) is 5.73. The first kappa shape index (κ1) is 24.9. The van der Waals surface area contributed by atoms with Crippen LogP contribution in [0.15, 0.2) is 71.6 Å². The van der Waals surface area contributed by atoms with Crippen LogP contribution in [0.5, 0.6) is 0 Å². The predicted molar refractivity (Wildman–Crippen MR) is 136 cm³/mol. The van der Waals surface area contributed by atoms with Crippen molar-refractivity contribution in [1.29, 1.82) is 0 Å². The van der Waals surface area contributed by atoms with Crippen molar-refractivity contribution in [3.63, 3.8) is 0 Å². The molecule has 0 saturated carbocycles. The summed E-state index contributed by atoms with van der Waals surface area (Å²) in [6.07, 6.45) is 5.19. The highest BCUT2D eigenvalue weighted by molar-refractivity contribution is 7.92. The number of sulfonamides is 1. The molecule has 184 valence electrons. The summed E-state index contributed by atoms with van der Waals surface area (Å²) in [7, 11) is -4.09. The molecule has 0 aromatic heterocycles. The number of rotatable bonds is 8. The molecule has 1 aliphatic carbocycles. The fourth-order valence-corrected chi connectivity index (χ4v) is 5.94.